The number of rotatable bonds is 6. The van der Waals surface area contributed by atoms with Crippen molar-refractivity contribution < 1.29 is 14.6 Å². The third-order valence-electron chi connectivity index (χ3n) is 3.42. The number of methoxy groups -OCH3 is 1. The Morgan fingerprint density at radius 3 is 2.78 bits per heavy atom. The lowest BCUT2D eigenvalue weighted by atomic mass is 10.1. The smallest absolute Gasteiger partial charge is 0.335 e. The van der Waals surface area contributed by atoms with Gasteiger partial charge in [0, 0.05) is 6.04 Å². The van der Waals surface area contributed by atoms with Gasteiger partial charge in [-0.2, -0.15) is 0 Å². The number of carboxylic acids is 1. The Morgan fingerprint density at radius 2 is 2.28 bits per heavy atom. The van der Waals surface area contributed by atoms with Gasteiger partial charge in [0.25, 0.3) is 0 Å². The fourth-order valence-electron chi connectivity index (χ4n) is 2.21. The Labute approximate surface area is 107 Å². The number of hydrogen-bond donors (Lipinski definition) is 2. The van der Waals surface area contributed by atoms with E-state index in [0.29, 0.717) is 17.7 Å². The van der Waals surface area contributed by atoms with Gasteiger partial charge < -0.3 is 15.2 Å². The molecule has 0 spiro atoms. The number of nitrogens with one attached hydrogen (secondary N) is 1. The summed E-state index contributed by atoms with van der Waals surface area (Å²) in [4.78, 5) is 11.0. The maximum Gasteiger partial charge on any atom is 0.335 e. The van der Waals surface area contributed by atoms with E-state index in [2.05, 4.69) is 12.2 Å². The highest BCUT2D eigenvalue weighted by atomic mass is 16.5. The molecule has 0 aromatic heterocycles. The van der Waals surface area contributed by atoms with Crippen LogP contribution in [0.4, 0.5) is 5.69 Å². The van der Waals surface area contributed by atoms with Gasteiger partial charge in [-0.05, 0) is 43.4 Å². The Morgan fingerprint density at radius 1 is 1.56 bits per heavy atom. The molecule has 0 heterocycles. The summed E-state index contributed by atoms with van der Waals surface area (Å²) in [7, 11) is 1.60. The van der Waals surface area contributed by atoms with Gasteiger partial charge in [0.2, 0.25) is 0 Å². The molecule has 1 atom stereocenters. The predicted octanol–water partition coefficient (Wildman–Crippen LogP) is 2.99. The lowest BCUT2D eigenvalue weighted by Gasteiger charge is -2.20. The first-order valence-corrected chi connectivity index (χ1v) is 6.33. The highest BCUT2D eigenvalue weighted by Crippen LogP contribution is 2.37. The topological polar surface area (TPSA) is 58.6 Å². The largest absolute Gasteiger partial charge is 0.495 e. The maximum absolute atomic E-state index is 11.0. The van der Waals surface area contributed by atoms with Gasteiger partial charge in [0.15, 0.2) is 0 Å². The van der Waals surface area contributed by atoms with Crippen molar-refractivity contribution in [3.8, 4) is 5.75 Å². The zero-order valence-corrected chi connectivity index (χ0v) is 10.8. The molecule has 1 aliphatic rings. The number of anilines is 1. The van der Waals surface area contributed by atoms with Crippen LogP contribution in [0.15, 0.2) is 18.2 Å². The van der Waals surface area contributed by atoms with Crippen LogP contribution in [-0.2, 0) is 0 Å². The second kappa shape index (κ2) is 5.29. The summed E-state index contributed by atoms with van der Waals surface area (Å²) in [6, 6.07) is 5.31. The molecule has 0 aliphatic heterocycles. The van der Waals surface area contributed by atoms with Gasteiger partial charge in [-0.1, -0.05) is 6.92 Å². The van der Waals surface area contributed by atoms with Crippen molar-refractivity contribution >= 4 is 11.7 Å². The molecule has 0 bridgehead atoms. The Bertz CT molecular complexity index is 441. The van der Waals surface area contributed by atoms with Crippen molar-refractivity contribution in [1.29, 1.82) is 0 Å². The second-order valence-electron chi connectivity index (χ2n) is 4.72. The maximum atomic E-state index is 11.0. The van der Waals surface area contributed by atoms with Crippen LogP contribution in [0, 0.1) is 5.92 Å². The molecular formula is C14H19NO3. The van der Waals surface area contributed by atoms with E-state index in [1.54, 1.807) is 25.3 Å². The molecule has 4 heteroatoms. The van der Waals surface area contributed by atoms with Gasteiger partial charge in [0.05, 0.1) is 18.4 Å². The average molecular weight is 249 g/mol. The summed E-state index contributed by atoms with van der Waals surface area (Å²) in [5.41, 5.74) is 1.06. The standard InChI is InChI=1S/C14H19NO3/c1-3-11(9-4-5-9)15-12-8-10(14(16)17)6-7-13(12)18-2/h6-9,11,15H,3-5H2,1-2H3,(H,16,17). The Hall–Kier alpha value is -1.71. The fourth-order valence-corrected chi connectivity index (χ4v) is 2.21. The van der Waals surface area contributed by atoms with E-state index in [-0.39, 0.29) is 5.56 Å². The van der Waals surface area contributed by atoms with E-state index in [1.807, 2.05) is 0 Å². The fraction of sp³-hybridized carbons (Fsp3) is 0.500. The monoisotopic (exact) mass is 249 g/mol. The molecule has 0 amide bonds. The summed E-state index contributed by atoms with van der Waals surface area (Å²) in [6.45, 7) is 2.14. The normalized spacial score (nSPS) is 16.1. The summed E-state index contributed by atoms with van der Waals surface area (Å²) in [5.74, 6) is 0.493. The molecule has 0 saturated heterocycles. The zero-order chi connectivity index (χ0) is 13.1. The van der Waals surface area contributed by atoms with Gasteiger partial charge in [0.1, 0.15) is 5.75 Å². The number of hydrogen-bond acceptors (Lipinski definition) is 3. The number of benzene rings is 1. The first-order chi connectivity index (χ1) is 8.65. The average Bonchev–Trinajstić information content (AvgIpc) is 3.19. The lowest BCUT2D eigenvalue weighted by Crippen LogP contribution is -2.21. The Kier molecular flexibility index (Phi) is 3.75. The summed E-state index contributed by atoms with van der Waals surface area (Å²) >= 11 is 0. The van der Waals surface area contributed by atoms with Crippen LogP contribution >= 0.6 is 0 Å². The summed E-state index contributed by atoms with van der Waals surface area (Å²) in [5, 5.41) is 12.4. The van der Waals surface area contributed by atoms with Gasteiger partial charge in [-0.15, -0.1) is 0 Å². The second-order valence-corrected chi connectivity index (χ2v) is 4.72. The third-order valence-corrected chi connectivity index (χ3v) is 3.42. The first kappa shape index (κ1) is 12.7. The summed E-state index contributed by atoms with van der Waals surface area (Å²) in [6.07, 6.45) is 3.55. The summed E-state index contributed by atoms with van der Waals surface area (Å²) < 4.78 is 5.27. The molecular weight excluding hydrogens is 230 g/mol. The molecule has 1 aliphatic carbocycles. The van der Waals surface area contributed by atoms with Crippen LogP contribution in [0.2, 0.25) is 0 Å². The quantitative estimate of drug-likeness (QED) is 0.813. The molecule has 0 radical (unpaired) electrons. The minimum Gasteiger partial charge on any atom is -0.495 e. The third kappa shape index (κ3) is 2.75. The van der Waals surface area contributed by atoms with E-state index in [9.17, 15) is 4.79 Å². The van der Waals surface area contributed by atoms with Gasteiger partial charge >= 0.3 is 5.97 Å². The number of carbonyl (C=O) groups is 1. The van der Waals surface area contributed by atoms with Gasteiger partial charge in [-0.3, -0.25) is 0 Å². The molecule has 1 saturated carbocycles. The van der Waals surface area contributed by atoms with Crippen molar-refractivity contribution in [2.45, 2.75) is 32.2 Å². The highest BCUT2D eigenvalue weighted by Gasteiger charge is 2.30. The van der Waals surface area contributed by atoms with Crippen LogP contribution in [0.25, 0.3) is 0 Å². The van der Waals surface area contributed by atoms with E-state index >= 15 is 0 Å². The highest BCUT2D eigenvalue weighted by molar-refractivity contribution is 5.89. The van der Waals surface area contributed by atoms with E-state index in [1.165, 1.54) is 12.8 Å². The van der Waals surface area contributed by atoms with Crippen molar-refractivity contribution in [2.24, 2.45) is 5.92 Å². The molecule has 4 nitrogen and oxygen atoms in total. The van der Waals surface area contributed by atoms with E-state index < -0.39 is 5.97 Å². The van der Waals surface area contributed by atoms with E-state index in [4.69, 9.17) is 9.84 Å². The molecule has 18 heavy (non-hydrogen) atoms. The molecule has 2 N–H and O–H groups in total. The molecule has 2 rings (SSSR count). The van der Waals surface area contributed by atoms with Crippen LogP contribution in [0.5, 0.6) is 5.75 Å². The van der Waals surface area contributed by atoms with Crippen LogP contribution in [-0.4, -0.2) is 24.2 Å². The molecule has 1 aromatic rings. The van der Waals surface area contributed by atoms with Crippen molar-refractivity contribution in [1.82, 2.24) is 0 Å². The van der Waals surface area contributed by atoms with Gasteiger partial charge in [-0.25, -0.2) is 4.79 Å². The number of ether oxygens (including phenoxy) is 1. The Balaban J connectivity index is 2.22. The SMILES string of the molecule is CCC(Nc1cc(C(=O)O)ccc1OC)C1CC1. The molecule has 1 unspecified atom stereocenters. The van der Waals surface area contributed by atoms with Crippen LogP contribution in [0.1, 0.15) is 36.5 Å². The minimum absolute atomic E-state index is 0.281. The van der Waals surface area contributed by atoms with Crippen molar-refractivity contribution in [3.05, 3.63) is 23.8 Å². The van der Waals surface area contributed by atoms with Crippen LogP contribution in [0.3, 0.4) is 0 Å². The molecule has 98 valence electrons. The molecule has 1 fully saturated rings. The predicted molar refractivity (Wildman–Crippen MR) is 70.4 cm³/mol. The lowest BCUT2D eigenvalue weighted by molar-refractivity contribution is 0.0697. The first-order valence-electron chi connectivity index (χ1n) is 6.33. The zero-order valence-electron chi connectivity index (χ0n) is 10.8. The minimum atomic E-state index is -0.917. The van der Waals surface area contributed by atoms with Crippen molar-refractivity contribution in [3.63, 3.8) is 0 Å². The van der Waals surface area contributed by atoms with Crippen LogP contribution < -0.4 is 10.1 Å². The number of carboxylic acid groups (broad SMARTS) is 1. The van der Waals surface area contributed by atoms with E-state index in [0.717, 1.165) is 12.1 Å². The van der Waals surface area contributed by atoms with Crippen molar-refractivity contribution in [2.75, 3.05) is 12.4 Å². The number of aromatic carboxylic acids is 1. The molecule has 1 aromatic carbocycles.